The molecule has 1 N–H and O–H groups in total. The van der Waals surface area contributed by atoms with Gasteiger partial charge in [0.2, 0.25) is 0 Å². The van der Waals surface area contributed by atoms with Gasteiger partial charge in [-0.15, -0.1) is 11.3 Å². The highest BCUT2D eigenvalue weighted by molar-refractivity contribution is 7.09. The molecule has 0 amide bonds. The molecule has 1 unspecified atom stereocenters. The second kappa shape index (κ2) is 3.09. The fourth-order valence-electron chi connectivity index (χ4n) is 1.49. The average Bonchev–Trinajstić information content (AvgIpc) is 2.67. The van der Waals surface area contributed by atoms with Gasteiger partial charge in [0.05, 0.1) is 5.69 Å². The number of nitrogens with zero attached hydrogens (tertiary/aromatic N) is 3. The van der Waals surface area contributed by atoms with Crippen LogP contribution < -0.4 is 5.32 Å². The van der Waals surface area contributed by atoms with Crippen LogP contribution in [0.1, 0.15) is 24.3 Å². The lowest BCUT2D eigenvalue weighted by Gasteiger charge is -2.28. The van der Waals surface area contributed by atoms with Gasteiger partial charge in [0, 0.05) is 17.6 Å². The lowest BCUT2D eigenvalue weighted by molar-refractivity contribution is 0.509. The fraction of sp³-hybridized carbons (Fsp3) is 0.333. The summed E-state index contributed by atoms with van der Waals surface area (Å²) >= 11 is 1.65. The third kappa shape index (κ3) is 1.13. The molecule has 5 heteroatoms. The van der Waals surface area contributed by atoms with Crippen LogP contribution in [-0.4, -0.2) is 14.8 Å². The Morgan fingerprint density at radius 3 is 3.07 bits per heavy atom. The van der Waals surface area contributed by atoms with Crippen molar-refractivity contribution in [2.75, 3.05) is 5.32 Å². The molecule has 0 saturated carbocycles. The summed E-state index contributed by atoms with van der Waals surface area (Å²) in [6.07, 6.45) is 1.97. The van der Waals surface area contributed by atoms with Gasteiger partial charge in [-0.2, -0.15) is 5.10 Å². The molecule has 1 atom stereocenters. The molecular formula is C9H12N4S. The Morgan fingerprint density at radius 1 is 1.57 bits per heavy atom. The molecule has 3 rings (SSSR count). The molecule has 0 fully saturated rings. The molecule has 2 aromatic rings. The van der Waals surface area contributed by atoms with Crippen molar-refractivity contribution in [3.8, 4) is 0 Å². The van der Waals surface area contributed by atoms with Gasteiger partial charge >= 0.3 is 0 Å². The predicted molar refractivity (Wildman–Crippen MR) is 57.6 cm³/mol. The number of fused-ring (bicyclic) bond motifs is 1. The van der Waals surface area contributed by atoms with E-state index in [1.807, 2.05) is 29.2 Å². The first-order valence-corrected chi connectivity index (χ1v) is 4.94. The minimum Gasteiger partial charge on any atom is -0.343 e. The van der Waals surface area contributed by atoms with Gasteiger partial charge in [-0.3, -0.25) is 0 Å². The number of thiazole rings is 1. The zero-order valence-electron chi connectivity index (χ0n) is 7.06. The first-order valence-electron chi connectivity index (χ1n) is 4.07. The Morgan fingerprint density at radius 2 is 2.43 bits per heavy atom. The van der Waals surface area contributed by atoms with Crippen molar-refractivity contribution in [1.29, 1.82) is 0 Å². The summed E-state index contributed by atoms with van der Waals surface area (Å²) in [7, 11) is 0. The summed E-state index contributed by atoms with van der Waals surface area (Å²) in [4.78, 5) is 4.24. The molecule has 4 nitrogen and oxygen atoms in total. The highest BCUT2D eigenvalue weighted by Gasteiger charge is 2.29. The maximum Gasteiger partial charge on any atom is 0.176 e. The molecule has 0 saturated heterocycles. The monoisotopic (exact) mass is 208 g/mol. The third-order valence-corrected chi connectivity index (χ3v) is 2.90. The topological polar surface area (TPSA) is 42.7 Å². The average molecular weight is 208 g/mol. The number of hydrogen-bond acceptors (Lipinski definition) is 4. The van der Waals surface area contributed by atoms with Gasteiger partial charge < -0.3 is 5.32 Å². The van der Waals surface area contributed by atoms with Crippen molar-refractivity contribution in [2.45, 2.75) is 20.5 Å². The minimum atomic E-state index is 0. The van der Waals surface area contributed by atoms with Crippen LogP contribution in [0.4, 0.5) is 5.82 Å². The Labute approximate surface area is 86.6 Å². The van der Waals surface area contributed by atoms with Gasteiger partial charge in [0.1, 0.15) is 10.8 Å². The van der Waals surface area contributed by atoms with Crippen molar-refractivity contribution in [3.63, 3.8) is 0 Å². The molecule has 1 aliphatic heterocycles. The SMILES string of the molecule is C.Cc1cc2n(n1)C(c1nccs1)N2. The molecule has 0 spiro atoms. The van der Waals surface area contributed by atoms with Crippen LogP contribution >= 0.6 is 11.3 Å². The van der Waals surface area contributed by atoms with E-state index in [1.165, 1.54) is 0 Å². The maximum atomic E-state index is 4.36. The molecule has 2 aromatic heterocycles. The normalized spacial score (nSPS) is 17.6. The molecule has 0 aliphatic carbocycles. The van der Waals surface area contributed by atoms with Gasteiger partial charge in [0.15, 0.2) is 6.17 Å². The van der Waals surface area contributed by atoms with Crippen LogP contribution in [0.3, 0.4) is 0 Å². The van der Waals surface area contributed by atoms with Crippen LogP contribution in [0.15, 0.2) is 17.6 Å². The van der Waals surface area contributed by atoms with Gasteiger partial charge in [0.25, 0.3) is 0 Å². The van der Waals surface area contributed by atoms with E-state index in [0.717, 1.165) is 16.5 Å². The Kier molecular flexibility index (Phi) is 2.03. The van der Waals surface area contributed by atoms with Gasteiger partial charge in [-0.1, -0.05) is 7.43 Å². The van der Waals surface area contributed by atoms with Gasteiger partial charge in [-0.25, -0.2) is 9.67 Å². The number of anilines is 1. The summed E-state index contributed by atoms with van der Waals surface area (Å²) in [6.45, 7) is 1.99. The number of hydrogen-bond donors (Lipinski definition) is 1. The molecule has 1 aliphatic rings. The highest BCUT2D eigenvalue weighted by atomic mass is 32.1. The van der Waals surface area contributed by atoms with Crippen molar-refractivity contribution in [1.82, 2.24) is 14.8 Å². The standard InChI is InChI=1S/C8H8N4S.CH4/c1-5-4-6-10-7(12(6)11-5)8-9-2-3-13-8;/h2-4,7,10H,1H3;1H4. The molecule has 0 bridgehead atoms. The molecular weight excluding hydrogens is 196 g/mol. The third-order valence-electron chi connectivity index (χ3n) is 2.07. The number of aromatic nitrogens is 3. The van der Waals surface area contributed by atoms with Crippen LogP contribution in [-0.2, 0) is 0 Å². The van der Waals surface area contributed by atoms with E-state index in [1.54, 1.807) is 11.3 Å². The first kappa shape index (κ1) is 9.21. The van der Waals surface area contributed by atoms with Gasteiger partial charge in [-0.05, 0) is 6.92 Å². The highest BCUT2D eigenvalue weighted by Crippen LogP contribution is 2.33. The molecule has 74 valence electrons. The Bertz CT molecular complexity index is 432. The summed E-state index contributed by atoms with van der Waals surface area (Å²) in [5.74, 6) is 1.08. The molecule has 14 heavy (non-hydrogen) atoms. The minimum absolute atomic E-state index is 0. The van der Waals surface area contributed by atoms with Crippen molar-refractivity contribution in [3.05, 3.63) is 28.3 Å². The number of rotatable bonds is 1. The van der Waals surface area contributed by atoms with E-state index in [4.69, 9.17) is 0 Å². The smallest absolute Gasteiger partial charge is 0.176 e. The van der Waals surface area contributed by atoms with E-state index in [9.17, 15) is 0 Å². The van der Waals surface area contributed by atoms with E-state index in [0.29, 0.717) is 0 Å². The van der Waals surface area contributed by atoms with E-state index < -0.39 is 0 Å². The van der Waals surface area contributed by atoms with E-state index in [-0.39, 0.29) is 13.6 Å². The predicted octanol–water partition coefficient (Wildman–Crippen LogP) is 2.26. The summed E-state index contributed by atoms with van der Waals surface area (Å²) in [6, 6.07) is 2.03. The van der Waals surface area contributed by atoms with E-state index >= 15 is 0 Å². The van der Waals surface area contributed by atoms with Crippen molar-refractivity contribution < 1.29 is 0 Å². The van der Waals surface area contributed by atoms with E-state index in [2.05, 4.69) is 15.4 Å². The zero-order chi connectivity index (χ0) is 8.84. The summed E-state index contributed by atoms with van der Waals surface area (Å²) in [5.41, 5.74) is 1.04. The van der Waals surface area contributed by atoms with Crippen molar-refractivity contribution in [2.24, 2.45) is 0 Å². The molecule has 0 aromatic carbocycles. The Balaban J connectivity index is 0.000000750. The molecule has 3 heterocycles. The largest absolute Gasteiger partial charge is 0.343 e. The lowest BCUT2D eigenvalue weighted by Crippen LogP contribution is -2.31. The first-order chi connectivity index (χ1) is 6.34. The Hall–Kier alpha value is -1.36. The zero-order valence-corrected chi connectivity index (χ0v) is 7.88. The molecule has 0 radical (unpaired) electrons. The second-order valence-electron chi connectivity index (χ2n) is 3.03. The summed E-state index contributed by atoms with van der Waals surface area (Å²) in [5, 5.41) is 10.7. The maximum absolute atomic E-state index is 4.36. The lowest BCUT2D eigenvalue weighted by atomic mass is 10.3. The van der Waals surface area contributed by atoms with Crippen molar-refractivity contribution >= 4 is 17.2 Å². The van der Waals surface area contributed by atoms with Crippen LogP contribution in [0, 0.1) is 6.92 Å². The van der Waals surface area contributed by atoms with Crippen LogP contribution in [0.2, 0.25) is 0 Å². The summed E-state index contributed by atoms with van der Waals surface area (Å²) < 4.78 is 1.97. The quantitative estimate of drug-likeness (QED) is 0.781. The van der Waals surface area contributed by atoms with Crippen LogP contribution in [0.5, 0.6) is 0 Å². The van der Waals surface area contributed by atoms with Crippen LogP contribution in [0.25, 0.3) is 0 Å². The number of nitrogens with one attached hydrogen (secondary N) is 1. The second-order valence-corrected chi connectivity index (χ2v) is 3.96. The fourth-order valence-corrected chi connectivity index (χ4v) is 2.16. The number of aryl methyl sites for hydroxylation is 1.